The molecule has 0 aromatic carbocycles. The summed E-state index contributed by atoms with van der Waals surface area (Å²) in [6.07, 6.45) is 8.67. The molecular weight excluding hydrogens is 122 g/mol. The second kappa shape index (κ2) is 2.54. The quantitative estimate of drug-likeness (QED) is 0.590. The van der Waals surface area contributed by atoms with Gasteiger partial charge in [-0.3, -0.25) is 0 Å². The van der Waals surface area contributed by atoms with Crippen molar-refractivity contribution < 1.29 is 0 Å². The lowest BCUT2D eigenvalue weighted by molar-refractivity contribution is 0.318. The van der Waals surface area contributed by atoms with E-state index >= 15 is 0 Å². The summed E-state index contributed by atoms with van der Waals surface area (Å²) >= 11 is 0. The molecule has 1 nitrogen and oxygen atoms in total. The number of hydrogen-bond donors (Lipinski definition) is 1. The molecule has 2 unspecified atom stereocenters. The van der Waals surface area contributed by atoms with E-state index in [0.29, 0.717) is 6.04 Å². The van der Waals surface area contributed by atoms with Crippen molar-refractivity contribution in [3.05, 3.63) is 0 Å². The van der Waals surface area contributed by atoms with Crippen LogP contribution in [0.2, 0.25) is 0 Å². The maximum atomic E-state index is 5.80. The first-order valence-electron chi connectivity index (χ1n) is 4.63. The summed E-state index contributed by atoms with van der Waals surface area (Å²) in [7, 11) is 0. The Morgan fingerprint density at radius 1 is 1.00 bits per heavy atom. The Morgan fingerprint density at radius 2 is 1.60 bits per heavy atom. The van der Waals surface area contributed by atoms with Crippen LogP contribution in [0.15, 0.2) is 0 Å². The molecule has 10 heavy (non-hydrogen) atoms. The van der Waals surface area contributed by atoms with Crippen LogP contribution < -0.4 is 5.73 Å². The molecule has 2 saturated carbocycles. The Bertz CT molecular complexity index is 116. The number of nitrogens with two attached hydrogens (primary N) is 1. The van der Waals surface area contributed by atoms with Crippen molar-refractivity contribution in [2.45, 2.75) is 44.6 Å². The van der Waals surface area contributed by atoms with Crippen LogP contribution in [0.1, 0.15) is 38.5 Å². The summed E-state index contributed by atoms with van der Waals surface area (Å²) < 4.78 is 0. The summed E-state index contributed by atoms with van der Waals surface area (Å²) in [4.78, 5) is 0. The molecule has 0 spiro atoms. The topological polar surface area (TPSA) is 26.0 Å². The van der Waals surface area contributed by atoms with Gasteiger partial charge in [-0.05, 0) is 18.3 Å². The molecule has 0 bridgehead atoms. The van der Waals surface area contributed by atoms with E-state index in [9.17, 15) is 0 Å². The van der Waals surface area contributed by atoms with E-state index in [4.69, 9.17) is 5.73 Å². The van der Waals surface area contributed by atoms with E-state index in [2.05, 4.69) is 0 Å². The summed E-state index contributed by atoms with van der Waals surface area (Å²) in [6.45, 7) is 0. The zero-order valence-corrected chi connectivity index (χ0v) is 6.55. The average Bonchev–Trinajstić information content (AvgIpc) is 2.69. The molecule has 0 heterocycles. The number of rotatable bonds is 1. The Hall–Kier alpha value is -0.0400. The zero-order valence-electron chi connectivity index (χ0n) is 6.55. The van der Waals surface area contributed by atoms with Gasteiger partial charge >= 0.3 is 0 Å². The van der Waals surface area contributed by atoms with Gasteiger partial charge in [0.05, 0.1) is 0 Å². The predicted molar refractivity (Wildman–Crippen MR) is 42.7 cm³/mol. The van der Waals surface area contributed by atoms with Crippen LogP contribution in [-0.2, 0) is 0 Å². The van der Waals surface area contributed by atoms with Gasteiger partial charge in [-0.1, -0.05) is 32.1 Å². The Kier molecular flexibility index (Phi) is 1.69. The van der Waals surface area contributed by atoms with Crippen molar-refractivity contribution in [1.82, 2.24) is 0 Å². The normalized spacial score (nSPS) is 41.7. The third-order valence-electron chi connectivity index (χ3n) is 3.15. The van der Waals surface area contributed by atoms with Gasteiger partial charge in [0.1, 0.15) is 0 Å². The maximum Gasteiger partial charge on any atom is 0.00737 e. The number of hydrogen-bond acceptors (Lipinski definition) is 1. The van der Waals surface area contributed by atoms with Crippen LogP contribution in [0.25, 0.3) is 0 Å². The highest BCUT2D eigenvalue weighted by atomic mass is 14.8. The van der Waals surface area contributed by atoms with Gasteiger partial charge in [0, 0.05) is 6.04 Å². The van der Waals surface area contributed by atoms with Crippen LogP contribution >= 0.6 is 0 Å². The lowest BCUT2D eigenvalue weighted by Crippen LogP contribution is -2.13. The molecule has 2 atom stereocenters. The molecule has 2 aliphatic carbocycles. The molecule has 58 valence electrons. The highest BCUT2D eigenvalue weighted by Crippen LogP contribution is 2.42. The largest absolute Gasteiger partial charge is 0.327 e. The SMILES string of the molecule is NC1CC1C1CCCCC1. The van der Waals surface area contributed by atoms with Crippen LogP contribution in [0, 0.1) is 11.8 Å². The zero-order chi connectivity index (χ0) is 6.97. The Labute approximate surface area is 63.0 Å². The fourth-order valence-electron chi connectivity index (χ4n) is 2.34. The highest BCUT2D eigenvalue weighted by Gasteiger charge is 2.39. The van der Waals surface area contributed by atoms with Gasteiger partial charge in [0.25, 0.3) is 0 Å². The Balaban J connectivity index is 1.81. The minimum Gasteiger partial charge on any atom is -0.327 e. The molecule has 1 heteroatoms. The summed E-state index contributed by atoms with van der Waals surface area (Å²) in [5.41, 5.74) is 5.80. The molecule has 0 aliphatic heterocycles. The Morgan fingerprint density at radius 3 is 2.10 bits per heavy atom. The fraction of sp³-hybridized carbons (Fsp3) is 1.00. The predicted octanol–water partition coefficient (Wildman–Crippen LogP) is 1.91. The van der Waals surface area contributed by atoms with E-state index in [-0.39, 0.29) is 0 Å². The smallest absolute Gasteiger partial charge is 0.00737 e. The molecule has 2 fully saturated rings. The van der Waals surface area contributed by atoms with Gasteiger partial charge in [-0.25, -0.2) is 0 Å². The monoisotopic (exact) mass is 139 g/mol. The van der Waals surface area contributed by atoms with Crippen LogP contribution in [0.5, 0.6) is 0 Å². The maximum absolute atomic E-state index is 5.80. The highest BCUT2D eigenvalue weighted by molar-refractivity contribution is 4.95. The van der Waals surface area contributed by atoms with Crippen molar-refractivity contribution in [3.8, 4) is 0 Å². The molecule has 2 rings (SSSR count). The standard InChI is InChI=1S/C9H17N/c10-9-6-8(9)7-4-2-1-3-5-7/h7-9H,1-6,10H2. The lowest BCUT2D eigenvalue weighted by atomic mass is 9.86. The lowest BCUT2D eigenvalue weighted by Gasteiger charge is -2.20. The van der Waals surface area contributed by atoms with E-state index in [1.54, 1.807) is 0 Å². The molecule has 0 aromatic heterocycles. The third kappa shape index (κ3) is 1.20. The molecule has 0 aromatic rings. The van der Waals surface area contributed by atoms with E-state index in [0.717, 1.165) is 11.8 Å². The van der Waals surface area contributed by atoms with Crippen molar-refractivity contribution in [2.24, 2.45) is 17.6 Å². The molecule has 0 radical (unpaired) electrons. The molecular formula is C9H17N. The van der Waals surface area contributed by atoms with E-state index in [1.807, 2.05) is 0 Å². The molecule has 2 N–H and O–H groups in total. The average molecular weight is 139 g/mol. The summed E-state index contributed by atoms with van der Waals surface area (Å²) in [5.74, 6) is 1.95. The molecule has 0 amide bonds. The molecule has 0 saturated heterocycles. The minimum absolute atomic E-state index is 0.586. The fourth-order valence-corrected chi connectivity index (χ4v) is 2.34. The second-order valence-electron chi connectivity index (χ2n) is 3.96. The third-order valence-corrected chi connectivity index (χ3v) is 3.15. The summed E-state index contributed by atoms with van der Waals surface area (Å²) in [5, 5.41) is 0. The first kappa shape index (κ1) is 6.66. The second-order valence-corrected chi connectivity index (χ2v) is 3.96. The van der Waals surface area contributed by atoms with E-state index in [1.165, 1.54) is 38.5 Å². The minimum atomic E-state index is 0.586. The van der Waals surface area contributed by atoms with Crippen molar-refractivity contribution in [3.63, 3.8) is 0 Å². The van der Waals surface area contributed by atoms with Gasteiger partial charge in [0.15, 0.2) is 0 Å². The van der Waals surface area contributed by atoms with E-state index < -0.39 is 0 Å². The van der Waals surface area contributed by atoms with Crippen LogP contribution in [0.4, 0.5) is 0 Å². The van der Waals surface area contributed by atoms with Crippen LogP contribution in [0.3, 0.4) is 0 Å². The molecule has 2 aliphatic rings. The van der Waals surface area contributed by atoms with Gasteiger partial charge in [-0.2, -0.15) is 0 Å². The van der Waals surface area contributed by atoms with Gasteiger partial charge in [-0.15, -0.1) is 0 Å². The van der Waals surface area contributed by atoms with Gasteiger partial charge < -0.3 is 5.73 Å². The van der Waals surface area contributed by atoms with Crippen LogP contribution in [-0.4, -0.2) is 6.04 Å². The first-order valence-corrected chi connectivity index (χ1v) is 4.63. The van der Waals surface area contributed by atoms with Crippen molar-refractivity contribution in [2.75, 3.05) is 0 Å². The van der Waals surface area contributed by atoms with Gasteiger partial charge in [0.2, 0.25) is 0 Å². The summed E-state index contributed by atoms with van der Waals surface area (Å²) in [6, 6.07) is 0.586. The first-order chi connectivity index (χ1) is 4.88. The van der Waals surface area contributed by atoms with Crippen molar-refractivity contribution >= 4 is 0 Å². The van der Waals surface area contributed by atoms with Crippen molar-refractivity contribution in [1.29, 1.82) is 0 Å².